The summed E-state index contributed by atoms with van der Waals surface area (Å²) in [6, 6.07) is 5.76. The number of carbonyl (C=O) groups is 1. The summed E-state index contributed by atoms with van der Waals surface area (Å²) < 4.78 is 22.8. The summed E-state index contributed by atoms with van der Waals surface area (Å²) in [6.45, 7) is 5.95. The quantitative estimate of drug-likeness (QED) is 0.874. The molecule has 2 unspecified atom stereocenters. The van der Waals surface area contributed by atoms with E-state index in [-0.39, 0.29) is 16.8 Å². The van der Waals surface area contributed by atoms with Crippen LogP contribution in [0.3, 0.4) is 0 Å². The summed E-state index contributed by atoms with van der Waals surface area (Å²) in [5, 5.41) is 7.90. The number of benzene rings is 1. The lowest BCUT2D eigenvalue weighted by atomic mass is 10.0. The highest BCUT2D eigenvalue weighted by atomic mass is 32.2. The first kappa shape index (κ1) is 17.9. The fourth-order valence-corrected chi connectivity index (χ4v) is 3.40. The zero-order valence-corrected chi connectivity index (χ0v) is 14.5. The van der Waals surface area contributed by atoms with Crippen LogP contribution in [0.1, 0.15) is 33.1 Å². The molecule has 0 radical (unpaired) electrons. The Kier molecular flexibility index (Phi) is 5.78. The number of nitrogens with two attached hydrogens (primary N) is 1. The van der Waals surface area contributed by atoms with Gasteiger partial charge in [-0.3, -0.25) is 9.69 Å². The smallest absolute Gasteiger partial charge is 0.241 e. The summed E-state index contributed by atoms with van der Waals surface area (Å²) >= 11 is 0. The van der Waals surface area contributed by atoms with Gasteiger partial charge in [0.1, 0.15) is 0 Å². The molecule has 1 fully saturated rings. The highest BCUT2D eigenvalue weighted by molar-refractivity contribution is 7.89. The van der Waals surface area contributed by atoms with E-state index >= 15 is 0 Å². The minimum absolute atomic E-state index is 0.00782. The number of carbonyl (C=O) groups excluding carboxylic acids is 1. The van der Waals surface area contributed by atoms with Crippen LogP contribution < -0.4 is 10.5 Å². The first-order chi connectivity index (χ1) is 10.8. The largest absolute Gasteiger partial charge is 0.325 e. The lowest BCUT2D eigenvalue weighted by Crippen LogP contribution is -2.42. The number of rotatable bonds is 4. The molecule has 1 amide bonds. The number of anilines is 1. The third-order valence-electron chi connectivity index (χ3n) is 4.41. The van der Waals surface area contributed by atoms with Crippen molar-refractivity contribution in [1.29, 1.82) is 0 Å². The van der Waals surface area contributed by atoms with Crippen molar-refractivity contribution in [3.63, 3.8) is 0 Å². The number of likely N-dealkylation sites (tertiary alicyclic amines) is 1. The molecule has 0 spiro atoms. The molecule has 2 rings (SSSR count). The summed E-state index contributed by atoms with van der Waals surface area (Å²) in [5.74, 6) is 0.563. The van der Waals surface area contributed by atoms with Gasteiger partial charge < -0.3 is 5.32 Å². The number of sulfonamides is 1. The van der Waals surface area contributed by atoms with Crippen LogP contribution in [0.2, 0.25) is 0 Å². The van der Waals surface area contributed by atoms with Crippen molar-refractivity contribution < 1.29 is 13.2 Å². The molecule has 1 aromatic carbocycles. The SMILES string of the molecule is CC1CCCN(C(C)C(=O)Nc2cccc(S(N)(=O)=O)c2)CC1. The second-order valence-electron chi connectivity index (χ2n) is 6.31. The van der Waals surface area contributed by atoms with Crippen molar-refractivity contribution >= 4 is 21.6 Å². The van der Waals surface area contributed by atoms with Crippen molar-refractivity contribution in [3.05, 3.63) is 24.3 Å². The Hall–Kier alpha value is -1.44. The van der Waals surface area contributed by atoms with Crippen molar-refractivity contribution in [3.8, 4) is 0 Å². The van der Waals surface area contributed by atoms with Crippen molar-refractivity contribution in [2.24, 2.45) is 11.1 Å². The van der Waals surface area contributed by atoms with Crippen LogP contribution in [-0.4, -0.2) is 38.4 Å². The number of nitrogens with zero attached hydrogens (tertiary/aromatic N) is 1. The van der Waals surface area contributed by atoms with Crippen LogP contribution in [0, 0.1) is 5.92 Å². The maximum atomic E-state index is 12.4. The van der Waals surface area contributed by atoms with E-state index in [4.69, 9.17) is 5.14 Å². The lowest BCUT2D eigenvalue weighted by molar-refractivity contribution is -0.120. The molecule has 128 valence electrons. The number of amides is 1. The van der Waals surface area contributed by atoms with E-state index in [1.165, 1.54) is 18.6 Å². The van der Waals surface area contributed by atoms with Crippen molar-refractivity contribution in [1.82, 2.24) is 4.90 Å². The van der Waals surface area contributed by atoms with Crippen LogP contribution in [0.4, 0.5) is 5.69 Å². The zero-order valence-electron chi connectivity index (χ0n) is 13.7. The average molecular weight is 339 g/mol. The first-order valence-corrected chi connectivity index (χ1v) is 9.50. The Labute approximate surface area is 138 Å². The number of nitrogens with one attached hydrogen (secondary N) is 1. The van der Waals surface area contributed by atoms with Gasteiger partial charge in [0.15, 0.2) is 0 Å². The molecule has 1 aliphatic heterocycles. The summed E-state index contributed by atoms with van der Waals surface area (Å²) in [7, 11) is -3.77. The van der Waals surface area contributed by atoms with Gasteiger partial charge in [-0.2, -0.15) is 0 Å². The van der Waals surface area contributed by atoms with E-state index in [1.807, 2.05) is 6.92 Å². The molecule has 1 heterocycles. The van der Waals surface area contributed by atoms with Crippen LogP contribution in [-0.2, 0) is 14.8 Å². The Morgan fingerprint density at radius 3 is 2.78 bits per heavy atom. The summed E-state index contributed by atoms with van der Waals surface area (Å²) in [6.07, 6.45) is 3.39. The van der Waals surface area contributed by atoms with Gasteiger partial charge in [-0.15, -0.1) is 0 Å². The third kappa shape index (κ3) is 5.02. The third-order valence-corrected chi connectivity index (χ3v) is 5.32. The van der Waals surface area contributed by atoms with Gasteiger partial charge in [-0.25, -0.2) is 13.6 Å². The van der Waals surface area contributed by atoms with Gasteiger partial charge in [0, 0.05) is 5.69 Å². The minimum atomic E-state index is -3.77. The number of hydrogen-bond acceptors (Lipinski definition) is 4. The fourth-order valence-electron chi connectivity index (χ4n) is 2.84. The molecule has 0 aromatic heterocycles. The normalized spacial score (nSPS) is 21.4. The van der Waals surface area contributed by atoms with E-state index in [2.05, 4.69) is 17.1 Å². The van der Waals surface area contributed by atoms with Crippen molar-refractivity contribution in [2.45, 2.75) is 44.0 Å². The zero-order chi connectivity index (χ0) is 17.0. The Morgan fingerprint density at radius 1 is 1.35 bits per heavy atom. The monoisotopic (exact) mass is 339 g/mol. The second-order valence-corrected chi connectivity index (χ2v) is 7.87. The lowest BCUT2D eigenvalue weighted by Gasteiger charge is -2.26. The average Bonchev–Trinajstić information content (AvgIpc) is 2.70. The molecule has 0 aliphatic carbocycles. The predicted octanol–water partition coefficient (Wildman–Crippen LogP) is 1.78. The standard InChI is InChI=1S/C16H25N3O3S/c1-12-5-4-9-19(10-8-12)13(2)16(20)18-14-6-3-7-15(11-14)23(17,21)22/h3,6-7,11-13H,4-5,8-10H2,1-2H3,(H,18,20)(H2,17,21,22). The molecular formula is C16H25N3O3S. The van der Waals surface area contributed by atoms with Gasteiger partial charge in [0.2, 0.25) is 15.9 Å². The van der Waals surface area contributed by atoms with E-state index < -0.39 is 10.0 Å². The summed E-state index contributed by atoms with van der Waals surface area (Å²) in [4.78, 5) is 14.6. The minimum Gasteiger partial charge on any atom is -0.325 e. The molecule has 3 N–H and O–H groups in total. The second kappa shape index (κ2) is 7.42. The Morgan fingerprint density at radius 2 is 2.09 bits per heavy atom. The predicted molar refractivity (Wildman–Crippen MR) is 90.5 cm³/mol. The van der Waals surface area contributed by atoms with E-state index in [1.54, 1.807) is 12.1 Å². The van der Waals surface area contributed by atoms with Crippen molar-refractivity contribution in [2.75, 3.05) is 18.4 Å². The molecule has 6 nitrogen and oxygen atoms in total. The molecular weight excluding hydrogens is 314 g/mol. The fraction of sp³-hybridized carbons (Fsp3) is 0.562. The molecule has 0 bridgehead atoms. The van der Waals surface area contributed by atoms with Crippen LogP contribution in [0.25, 0.3) is 0 Å². The van der Waals surface area contributed by atoms with Gasteiger partial charge in [-0.05, 0) is 63.4 Å². The van der Waals surface area contributed by atoms with Gasteiger partial charge in [-0.1, -0.05) is 13.0 Å². The molecule has 1 aromatic rings. The van der Waals surface area contributed by atoms with E-state index in [0.29, 0.717) is 11.6 Å². The molecule has 1 saturated heterocycles. The maximum Gasteiger partial charge on any atom is 0.241 e. The van der Waals surface area contributed by atoms with Crippen LogP contribution in [0.5, 0.6) is 0 Å². The highest BCUT2D eigenvalue weighted by Crippen LogP contribution is 2.19. The van der Waals surface area contributed by atoms with Crippen LogP contribution in [0.15, 0.2) is 29.2 Å². The van der Waals surface area contributed by atoms with Gasteiger partial charge in [0.25, 0.3) is 0 Å². The molecule has 0 saturated carbocycles. The molecule has 1 aliphatic rings. The van der Waals surface area contributed by atoms with E-state index in [9.17, 15) is 13.2 Å². The first-order valence-electron chi connectivity index (χ1n) is 7.95. The highest BCUT2D eigenvalue weighted by Gasteiger charge is 2.24. The maximum absolute atomic E-state index is 12.4. The molecule has 2 atom stereocenters. The molecule has 7 heteroatoms. The van der Waals surface area contributed by atoms with E-state index in [0.717, 1.165) is 25.9 Å². The Bertz CT molecular complexity index is 660. The number of primary sulfonamides is 1. The Balaban J connectivity index is 2.03. The topological polar surface area (TPSA) is 92.5 Å². The summed E-state index contributed by atoms with van der Waals surface area (Å²) in [5.41, 5.74) is 0.441. The van der Waals surface area contributed by atoms with Gasteiger partial charge >= 0.3 is 0 Å². The molecule has 23 heavy (non-hydrogen) atoms. The van der Waals surface area contributed by atoms with Crippen LogP contribution >= 0.6 is 0 Å². The number of hydrogen-bond donors (Lipinski definition) is 2. The van der Waals surface area contributed by atoms with Gasteiger partial charge in [0.05, 0.1) is 10.9 Å².